The summed E-state index contributed by atoms with van der Waals surface area (Å²) in [4.78, 5) is 46.6. The minimum atomic E-state index is -1.28. The van der Waals surface area contributed by atoms with Crippen LogP contribution in [0.3, 0.4) is 0 Å². The van der Waals surface area contributed by atoms with Crippen LogP contribution < -0.4 is 4.90 Å². The lowest BCUT2D eigenvalue weighted by molar-refractivity contribution is -0.162. The first kappa shape index (κ1) is 32.9. The van der Waals surface area contributed by atoms with Crippen LogP contribution in [-0.4, -0.2) is 70.8 Å². The second kappa shape index (κ2) is 13.9. The number of benzene rings is 2. The Labute approximate surface area is 270 Å². The highest BCUT2D eigenvalue weighted by atomic mass is 35.5. The number of fused-ring (bicyclic) bond motifs is 1. The van der Waals surface area contributed by atoms with E-state index in [1.165, 1.54) is 9.80 Å². The van der Waals surface area contributed by atoms with Crippen LogP contribution in [0.15, 0.2) is 79.9 Å². The van der Waals surface area contributed by atoms with Gasteiger partial charge in [0.2, 0.25) is 5.91 Å². The van der Waals surface area contributed by atoms with Crippen molar-refractivity contribution in [2.45, 2.75) is 75.2 Å². The van der Waals surface area contributed by atoms with Gasteiger partial charge in [-0.25, -0.2) is 0 Å². The first-order valence-corrected chi connectivity index (χ1v) is 16.3. The molecule has 240 valence electrons. The molecule has 3 aliphatic rings. The molecule has 3 saturated heterocycles. The lowest BCUT2D eigenvalue weighted by Crippen LogP contribution is -2.59. The van der Waals surface area contributed by atoms with Crippen molar-refractivity contribution in [3.8, 4) is 0 Å². The number of aliphatic hydroxyl groups is 1. The normalized spacial score (nSPS) is 27.2. The zero-order chi connectivity index (χ0) is 32.2. The van der Waals surface area contributed by atoms with Crippen LogP contribution in [-0.2, 0) is 30.3 Å². The van der Waals surface area contributed by atoms with Gasteiger partial charge in [0.25, 0.3) is 5.91 Å². The summed E-state index contributed by atoms with van der Waals surface area (Å²) in [7, 11) is 0. The summed E-state index contributed by atoms with van der Waals surface area (Å²) in [6.07, 6.45) is 7.52. The summed E-state index contributed by atoms with van der Waals surface area (Å²) in [6.45, 7) is 9.55. The Morgan fingerprint density at radius 2 is 1.87 bits per heavy atom. The van der Waals surface area contributed by atoms with Crippen LogP contribution in [0, 0.1) is 11.8 Å². The van der Waals surface area contributed by atoms with Crippen molar-refractivity contribution in [1.29, 1.82) is 0 Å². The molecule has 2 aromatic rings. The van der Waals surface area contributed by atoms with E-state index in [0.717, 1.165) is 18.4 Å². The summed E-state index contributed by atoms with van der Waals surface area (Å²) in [5.74, 6) is -3.03. The fourth-order valence-corrected chi connectivity index (χ4v) is 7.97. The summed E-state index contributed by atoms with van der Waals surface area (Å²) < 4.78 is 12.7. The van der Waals surface area contributed by atoms with Gasteiger partial charge in [-0.2, -0.15) is 0 Å². The van der Waals surface area contributed by atoms with E-state index in [1.807, 2.05) is 43.3 Å². The maximum Gasteiger partial charge on any atom is 0.312 e. The van der Waals surface area contributed by atoms with E-state index in [-0.39, 0.29) is 25.7 Å². The van der Waals surface area contributed by atoms with Crippen LogP contribution >= 0.6 is 11.6 Å². The van der Waals surface area contributed by atoms with Crippen LogP contribution in [0.4, 0.5) is 5.69 Å². The van der Waals surface area contributed by atoms with Gasteiger partial charge in [-0.05, 0) is 62.6 Å². The Kier molecular flexibility index (Phi) is 10.2. The number of hydrogen-bond acceptors (Lipinski definition) is 6. The van der Waals surface area contributed by atoms with E-state index in [4.69, 9.17) is 21.1 Å². The minimum absolute atomic E-state index is 0.138. The third kappa shape index (κ3) is 5.84. The molecular formula is C36H43ClN2O6. The number of carbonyl (C=O) groups excluding carboxylic acids is 3. The number of carbonyl (C=O) groups is 3. The van der Waals surface area contributed by atoms with E-state index in [9.17, 15) is 19.5 Å². The Hall–Kier alpha value is -3.46. The number of halogens is 1. The Bertz CT molecular complexity index is 1420. The zero-order valence-electron chi connectivity index (χ0n) is 25.9. The first-order chi connectivity index (χ1) is 21.8. The largest absolute Gasteiger partial charge is 0.465 e. The smallest absolute Gasteiger partial charge is 0.312 e. The molecular weight excluding hydrogens is 592 g/mol. The molecule has 0 aromatic heterocycles. The Balaban J connectivity index is 1.58. The molecule has 2 unspecified atom stereocenters. The van der Waals surface area contributed by atoms with E-state index in [0.29, 0.717) is 42.8 Å². The van der Waals surface area contributed by atoms with E-state index < -0.39 is 47.0 Å². The second-order valence-electron chi connectivity index (χ2n) is 12.2. The predicted octanol–water partition coefficient (Wildman–Crippen LogP) is 5.52. The first-order valence-electron chi connectivity index (χ1n) is 15.9. The molecule has 9 heteroatoms. The Morgan fingerprint density at radius 3 is 2.53 bits per heavy atom. The highest BCUT2D eigenvalue weighted by molar-refractivity contribution is 6.34. The third-order valence-corrected chi connectivity index (χ3v) is 10.1. The molecule has 0 aliphatic carbocycles. The summed E-state index contributed by atoms with van der Waals surface area (Å²) >= 11 is 6.60. The summed E-state index contributed by atoms with van der Waals surface area (Å²) in [6, 6.07) is 14.7. The molecule has 2 bridgehead atoms. The maximum absolute atomic E-state index is 14.9. The van der Waals surface area contributed by atoms with Crippen molar-refractivity contribution in [3.05, 3.63) is 90.5 Å². The van der Waals surface area contributed by atoms with Crippen LogP contribution in [0.5, 0.6) is 0 Å². The van der Waals surface area contributed by atoms with Gasteiger partial charge < -0.3 is 24.4 Å². The number of allylic oxidation sites excluding steroid dienone is 1. The Morgan fingerprint density at radius 1 is 1.13 bits per heavy atom. The number of hydrogen-bond donors (Lipinski definition) is 1. The molecule has 5 rings (SSSR count). The number of aliphatic hydroxyl groups excluding tert-OH is 1. The molecule has 0 radical (unpaired) electrons. The van der Waals surface area contributed by atoms with Gasteiger partial charge in [0.05, 0.1) is 41.5 Å². The number of para-hydroxylation sites is 1. The van der Waals surface area contributed by atoms with Gasteiger partial charge in [0.1, 0.15) is 17.6 Å². The van der Waals surface area contributed by atoms with Crippen LogP contribution in [0.1, 0.15) is 51.0 Å². The molecule has 2 amide bonds. The highest BCUT2D eigenvalue weighted by Gasteiger charge is 2.79. The number of ether oxygens (including phenoxy) is 2. The monoisotopic (exact) mass is 634 g/mol. The van der Waals surface area contributed by atoms with Crippen molar-refractivity contribution in [3.63, 3.8) is 0 Å². The van der Waals surface area contributed by atoms with Gasteiger partial charge in [0, 0.05) is 6.54 Å². The molecule has 2 aromatic carbocycles. The van der Waals surface area contributed by atoms with Crippen molar-refractivity contribution in [2.24, 2.45) is 11.8 Å². The van der Waals surface area contributed by atoms with Crippen LogP contribution in [0.2, 0.25) is 5.02 Å². The number of anilines is 1. The SMILES string of the molecule is C=CCCCCOC(=O)[C@H]1[C@H]2C(=O)N([C@@H](CO)Cc3ccccc3)C(C(=O)N(CC=C)c3ccccc3Cl)C23CC[C@]1(CC)O3. The van der Waals surface area contributed by atoms with Crippen molar-refractivity contribution >= 4 is 35.1 Å². The number of rotatable bonds is 15. The fraction of sp³-hybridized carbons (Fsp3) is 0.472. The number of likely N-dealkylation sites (tertiary alicyclic amines) is 1. The van der Waals surface area contributed by atoms with Gasteiger partial charge in [-0.15, -0.1) is 13.2 Å². The van der Waals surface area contributed by atoms with Crippen molar-refractivity contribution in [2.75, 3.05) is 24.7 Å². The minimum Gasteiger partial charge on any atom is -0.465 e. The van der Waals surface area contributed by atoms with Crippen molar-refractivity contribution in [1.82, 2.24) is 4.90 Å². The zero-order valence-corrected chi connectivity index (χ0v) is 26.7. The van der Waals surface area contributed by atoms with Gasteiger partial charge in [-0.1, -0.05) is 73.1 Å². The van der Waals surface area contributed by atoms with Crippen molar-refractivity contribution < 1.29 is 29.0 Å². The molecule has 45 heavy (non-hydrogen) atoms. The topological polar surface area (TPSA) is 96.4 Å². The van der Waals surface area contributed by atoms with Gasteiger partial charge >= 0.3 is 5.97 Å². The molecule has 3 fully saturated rings. The quantitative estimate of drug-likeness (QED) is 0.158. The lowest BCUT2D eigenvalue weighted by atomic mass is 9.65. The van der Waals surface area contributed by atoms with E-state index in [2.05, 4.69) is 13.2 Å². The second-order valence-corrected chi connectivity index (χ2v) is 12.7. The molecule has 3 aliphatic heterocycles. The predicted molar refractivity (Wildman–Crippen MR) is 174 cm³/mol. The molecule has 8 nitrogen and oxygen atoms in total. The average Bonchev–Trinajstić information content (AvgIpc) is 3.66. The standard InChI is InChI=1S/C36H43ClN2O6/c1-4-7-8-14-22-44-34(43)30-29-32(41)39(26(24-40)23-25-15-10-9-11-16-25)31(36(29)20-19-35(30,6-3)45-36)33(42)38(21-5-2)28-18-13-12-17-27(28)37/h4-5,9-13,15-18,26,29-31,40H,1-2,6-8,14,19-24H2,3H3/t26-,29+,30-,31?,35+,36?/m1/s1. The molecule has 3 heterocycles. The van der Waals surface area contributed by atoms with E-state index in [1.54, 1.807) is 30.3 Å². The summed E-state index contributed by atoms with van der Waals surface area (Å²) in [5.41, 5.74) is -0.815. The number of nitrogens with zero attached hydrogens (tertiary/aromatic N) is 2. The molecule has 0 saturated carbocycles. The van der Waals surface area contributed by atoms with E-state index >= 15 is 0 Å². The number of esters is 1. The van der Waals surface area contributed by atoms with Gasteiger partial charge in [0.15, 0.2) is 0 Å². The van der Waals surface area contributed by atoms with Crippen LogP contribution in [0.25, 0.3) is 0 Å². The number of unbranched alkanes of at least 4 members (excludes halogenated alkanes) is 2. The molecule has 6 atom stereocenters. The third-order valence-electron chi connectivity index (χ3n) is 9.79. The molecule has 1 spiro atoms. The molecule has 1 N–H and O–H groups in total. The average molecular weight is 635 g/mol. The lowest BCUT2D eigenvalue weighted by Gasteiger charge is -2.39. The fourth-order valence-electron chi connectivity index (χ4n) is 7.73. The van der Waals surface area contributed by atoms with Gasteiger partial charge in [-0.3, -0.25) is 14.4 Å². The number of amides is 2. The summed E-state index contributed by atoms with van der Waals surface area (Å²) in [5, 5.41) is 11.1. The maximum atomic E-state index is 14.9. The highest BCUT2D eigenvalue weighted by Crippen LogP contribution is 2.65.